The molecule has 1 N–H and O–H groups in total. The fourth-order valence-electron chi connectivity index (χ4n) is 1.69. The number of rotatable bonds is 7. The monoisotopic (exact) mass is 280 g/mol. The van der Waals surface area contributed by atoms with Gasteiger partial charge in [-0.15, -0.1) is 6.58 Å². The third-order valence-electron chi connectivity index (χ3n) is 2.69. The highest BCUT2D eigenvalue weighted by molar-refractivity contribution is 7.64. The standard InChI is InChI=1S/C15H21O3P/c1-5-15(11-12(2)3)18-19(16,17)13(4)14-9-7-6-8-10-14/h5-10,12,15H,1,4,11H2,2-3H3,(H,16,17). The van der Waals surface area contributed by atoms with E-state index >= 15 is 0 Å². The summed E-state index contributed by atoms with van der Waals surface area (Å²) < 4.78 is 17.6. The van der Waals surface area contributed by atoms with Crippen LogP contribution < -0.4 is 0 Å². The molecule has 0 aliphatic heterocycles. The van der Waals surface area contributed by atoms with Gasteiger partial charge in [-0.25, -0.2) is 0 Å². The molecular formula is C15H21O3P. The van der Waals surface area contributed by atoms with Crippen molar-refractivity contribution in [2.24, 2.45) is 5.92 Å². The van der Waals surface area contributed by atoms with E-state index in [0.29, 0.717) is 17.9 Å². The van der Waals surface area contributed by atoms with Crippen molar-refractivity contribution in [3.63, 3.8) is 0 Å². The summed E-state index contributed by atoms with van der Waals surface area (Å²) in [6.45, 7) is 11.4. The molecule has 0 radical (unpaired) electrons. The molecule has 0 heterocycles. The molecule has 0 amide bonds. The van der Waals surface area contributed by atoms with E-state index < -0.39 is 13.7 Å². The van der Waals surface area contributed by atoms with Gasteiger partial charge >= 0.3 is 7.60 Å². The van der Waals surface area contributed by atoms with E-state index in [9.17, 15) is 9.46 Å². The van der Waals surface area contributed by atoms with E-state index in [1.165, 1.54) is 0 Å². The Morgan fingerprint density at radius 3 is 2.47 bits per heavy atom. The minimum Gasteiger partial charge on any atom is -0.321 e. The predicted octanol–water partition coefficient (Wildman–Crippen LogP) is 4.46. The van der Waals surface area contributed by atoms with Gasteiger partial charge in [0.25, 0.3) is 0 Å². The van der Waals surface area contributed by atoms with Crippen LogP contribution >= 0.6 is 7.60 Å². The molecule has 104 valence electrons. The molecule has 1 aromatic carbocycles. The summed E-state index contributed by atoms with van der Waals surface area (Å²) in [5, 5.41) is 0.115. The Hall–Kier alpha value is -1.15. The molecule has 0 aromatic heterocycles. The van der Waals surface area contributed by atoms with Crippen molar-refractivity contribution in [3.8, 4) is 0 Å². The largest absolute Gasteiger partial charge is 0.359 e. The average Bonchev–Trinajstić information content (AvgIpc) is 2.37. The summed E-state index contributed by atoms with van der Waals surface area (Å²) in [7, 11) is -3.90. The van der Waals surface area contributed by atoms with Gasteiger partial charge in [0.15, 0.2) is 0 Å². The van der Waals surface area contributed by atoms with Gasteiger partial charge in [0.1, 0.15) is 0 Å². The number of hydrogen-bond donors (Lipinski definition) is 1. The van der Waals surface area contributed by atoms with Crippen LogP contribution in [-0.2, 0) is 9.09 Å². The van der Waals surface area contributed by atoms with Crippen LogP contribution in [0, 0.1) is 5.92 Å². The molecular weight excluding hydrogens is 259 g/mol. The van der Waals surface area contributed by atoms with Crippen LogP contribution in [0.1, 0.15) is 25.8 Å². The first kappa shape index (κ1) is 15.9. The lowest BCUT2D eigenvalue weighted by molar-refractivity contribution is 0.196. The zero-order valence-electron chi connectivity index (χ0n) is 11.5. The van der Waals surface area contributed by atoms with Gasteiger partial charge in [0.05, 0.1) is 11.4 Å². The molecule has 0 bridgehead atoms. The smallest absolute Gasteiger partial charge is 0.321 e. The van der Waals surface area contributed by atoms with Gasteiger partial charge < -0.3 is 4.89 Å². The number of hydrogen-bond acceptors (Lipinski definition) is 2. The lowest BCUT2D eigenvalue weighted by Gasteiger charge is -2.21. The highest BCUT2D eigenvalue weighted by Gasteiger charge is 2.28. The fourth-order valence-corrected chi connectivity index (χ4v) is 2.83. The minimum absolute atomic E-state index is 0.115. The highest BCUT2D eigenvalue weighted by Crippen LogP contribution is 2.56. The SMILES string of the molecule is C=CC(CC(C)C)OP(=O)(O)C(=C)c1ccccc1. The maximum absolute atomic E-state index is 12.3. The summed E-state index contributed by atoms with van der Waals surface area (Å²) in [5.41, 5.74) is 0.612. The maximum atomic E-state index is 12.3. The molecule has 2 unspecified atom stereocenters. The molecule has 1 aromatic rings. The first-order valence-corrected chi connectivity index (χ1v) is 7.83. The summed E-state index contributed by atoms with van der Waals surface area (Å²) >= 11 is 0. The van der Waals surface area contributed by atoms with Crippen LogP contribution in [0.2, 0.25) is 0 Å². The molecule has 0 saturated heterocycles. The molecule has 2 atom stereocenters. The van der Waals surface area contributed by atoms with Crippen LogP contribution in [-0.4, -0.2) is 11.0 Å². The van der Waals surface area contributed by atoms with E-state index in [1.807, 2.05) is 19.9 Å². The van der Waals surface area contributed by atoms with Gasteiger partial charge in [0.2, 0.25) is 0 Å². The zero-order valence-corrected chi connectivity index (χ0v) is 12.3. The van der Waals surface area contributed by atoms with Crippen LogP contribution in [0.3, 0.4) is 0 Å². The zero-order chi connectivity index (χ0) is 14.5. The van der Waals surface area contributed by atoms with Crippen molar-refractivity contribution in [1.29, 1.82) is 0 Å². The topological polar surface area (TPSA) is 46.5 Å². The second-order valence-electron chi connectivity index (χ2n) is 4.84. The molecule has 0 fully saturated rings. The van der Waals surface area contributed by atoms with E-state index in [2.05, 4.69) is 13.2 Å². The quantitative estimate of drug-likeness (QED) is 0.592. The summed E-state index contributed by atoms with van der Waals surface area (Å²) in [6.07, 6.45) is 1.76. The van der Waals surface area contributed by atoms with Crippen LogP contribution in [0.4, 0.5) is 0 Å². The molecule has 19 heavy (non-hydrogen) atoms. The molecule has 0 aliphatic carbocycles. The van der Waals surface area contributed by atoms with E-state index in [0.717, 1.165) is 0 Å². The fraction of sp³-hybridized carbons (Fsp3) is 0.333. The molecule has 1 rings (SSSR count). The Kier molecular flexibility index (Phi) is 5.74. The molecule has 0 saturated carbocycles. The lowest BCUT2D eigenvalue weighted by Crippen LogP contribution is -2.11. The average molecular weight is 280 g/mol. The normalized spacial score (nSPS) is 15.8. The molecule has 3 nitrogen and oxygen atoms in total. The van der Waals surface area contributed by atoms with Gasteiger partial charge in [-0.1, -0.05) is 56.8 Å². The highest BCUT2D eigenvalue weighted by atomic mass is 31.2. The molecule has 0 spiro atoms. The van der Waals surface area contributed by atoms with Crippen molar-refractivity contribution in [2.45, 2.75) is 26.4 Å². The molecule has 0 aliphatic rings. The number of benzene rings is 1. The van der Waals surface area contributed by atoms with Crippen molar-refractivity contribution in [1.82, 2.24) is 0 Å². The Bertz CT molecular complexity index is 479. The molecule has 4 heteroatoms. The first-order chi connectivity index (χ1) is 8.86. The van der Waals surface area contributed by atoms with Gasteiger partial charge in [0, 0.05) is 0 Å². The Morgan fingerprint density at radius 1 is 1.42 bits per heavy atom. The third kappa shape index (κ3) is 4.79. The van der Waals surface area contributed by atoms with Gasteiger partial charge in [-0.2, -0.15) is 0 Å². The second-order valence-corrected chi connectivity index (χ2v) is 6.63. The minimum atomic E-state index is -3.90. The van der Waals surface area contributed by atoms with Crippen molar-refractivity contribution in [3.05, 3.63) is 55.1 Å². The lowest BCUT2D eigenvalue weighted by atomic mass is 10.1. The van der Waals surface area contributed by atoms with Crippen LogP contribution in [0.15, 0.2) is 49.6 Å². The summed E-state index contributed by atoms with van der Waals surface area (Å²) in [5.74, 6) is 0.355. The first-order valence-electron chi connectivity index (χ1n) is 6.25. The predicted molar refractivity (Wildman–Crippen MR) is 79.8 cm³/mol. The third-order valence-corrected chi connectivity index (χ3v) is 4.19. The maximum Gasteiger partial charge on any atom is 0.359 e. The van der Waals surface area contributed by atoms with E-state index in [1.54, 1.807) is 30.3 Å². The second kappa shape index (κ2) is 6.85. The Labute approximate surface area is 115 Å². The van der Waals surface area contributed by atoms with E-state index in [-0.39, 0.29) is 5.31 Å². The van der Waals surface area contributed by atoms with Crippen molar-refractivity contribution < 1.29 is 14.0 Å². The van der Waals surface area contributed by atoms with E-state index in [4.69, 9.17) is 4.52 Å². The Morgan fingerprint density at radius 2 is 2.00 bits per heavy atom. The van der Waals surface area contributed by atoms with Crippen molar-refractivity contribution in [2.75, 3.05) is 0 Å². The van der Waals surface area contributed by atoms with Gasteiger partial charge in [-0.3, -0.25) is 9.09 Å². The van der Waals surface area contributed by atoms with Crippen molar-refractivity contribution >= 4 is 12.9 Å². The summed E-state index contributed by atoms with van der Waals surface area (Å²) in [6, 6.07) is 8.89. The van der Waals surface area contributed by atoms with Crippen LogP contribution in [0.25, 0.3) is 5.31 Å². The van der Waals surface area contributed by atoms with Gasteiger partial charge in [-0.05, 0) is 17.9 Å². The van der Waals surface area contributed by atoms with Crippen LogP contribution in [0.5, 0.6) is 0 Å². The Balaban J connectivity index is 2.83. The summed E-state index contributed by atoms with van der Waals surface area (Å²) in [4.78, 5) is 10.0.